The molecule has 0 aliphatic carbocycles. The molecule has 0 spiro atoms. The van der Waals surface area contributed by atoms with Crippen molar-refractivity contribution >= 4 is 44.3 Å². The Morgan fingerprint density at radius 3 is 2.31 bits per heavy atom. The minimum absolute atomic E-state index is 0.179. The molecule has 152 valence electrons. The molecular formula is C20H20BrN3O5. The molecule has 0 atom stereocenters. The van der Waals surface area contributed by atoms with E-state index in [4.69, 9.17) is 14.2 Å². The van der Waals surface area contributed by atoms with Crippen LogP contribution in [0.5, 0.6) is 17.2 Å². The first-order valence-corrected chi connectivity index (χ1v) is 9.41. The van der Waals surface area contributed by atoms with Crippen LogP contribution in [0.1, 0.15) is 10.5 Å². The van der Waals surface area contributed by atoms with Gasteiger partial charge < -0.3 is 29.8 Å². The van der Waals surface area contributed by atoms with E-state index in [0.29, 0.717) is 33.8 Å². The van der Waals surface area contributed by atoms with Crippen molar-refractivity contribution in [2.75, 3.05) is 33.2 Å². The van der Waals surface area contributed by atoms with Crippen LogP contribution < -0.4 is 24.8 Å². The van der Waals surface area contributed by atoms with Gasteiger partial charge in [0.25, 0.3) is 5.91 Å². The first-order valence-electron chi connectivity index (χ1n) is 8.62. The molecule has 9 heteroatoms. The monoisotopic (exact) mass is 461 g/mol. The number of halogens is 1. The molecule has 3 rings (SSSR count). The van der Waals surface area contributed by atoms with E-state index in [1.807, 2.05) is 12.1 Å². The zero-order chi connectivity index (χ0) is 21.0. The van der Waals surface area contributed by atoms with Crippen LogP contribution in [0.4, 0.5) is 5.69 Å². The summed E-state index contributed by atoms with van der Waals surface area (Å²) in [7, 11) is 4.56. The molecule has 0 aliphatic heterocycles. The lowest BCUT2D eigenvalue weighted by molar-refractivity contribution is -0.115. The minimum atomic E-state index is -0.435. The number of aromatic amines is 1. The van der Waals surface area contributed by atoms with Gasteiger partial charge in [0.15, 0.2) is 11.5 Å². The molecular weight excluding hydrogens is 442 g/mol. The summed E-state index contributed by atoms with van der Waals surface area (Å²) < 4.78 is 17.0. The molecule has 1 heterocycles. The molecule has 2 amide bonds. The van der Waals surface area contributed by atoms with Gasteiger partial charge in [-0.1, -0.05) is 15.9 Å². The van der Waals surface area contributed by atoms with Crippen molar-refractivity contribution in [2.24, 2.45) is 0 Å². The number of fused-ring (bicyclic) bond motifs is 1. The number of hydrogen-bond acceptors (Lipinski definition) is 5. The fourth-order valence-electron chi connectivity index (χ4n) is 2.85. The number of ether oxygens (including phenoxy) is 3. The maximum atomic E-state index is 12.5. The molecule has 0 fully saturated rings. The molecule has 29 heavy (non-hydrogen) atoms. The fraction of sp³-hybridized carbons (Fsp3) is 0.200. The van der Waals surface area contributed by atoms with Crippen LogP contribution in [-0.2, 0) is 4.79 Å². The van der Waals surface area contributed by atoms with E-state index >= 15 is 0 Å². The summed E-state index contributed by atoms with van der Waals surface area (Å²) in [6, 6.07) is 10.5. The Morgan fingerprint density at radius 2 is 1.69 bits per heavy atom. The molecule has 3 N–H and O–H groups in total. The molecule has 3 aromatic rings. The minimum Gasteiger partial charge on any atom is -0.496 e. The van der Waals surface area contributed by atoms with E-state index in [9.17, 15) is 9.59 Å². The van der Waals surface area contributed by atoms with Crippen LogP contribution in [0.15, 0.2) is 40.9 Å². The van der Waals surface area contributed by atoms with Gasteiger partial charge in [0.05, 0.1) is 33.4 Å². The number of hydrogen-bond donors (Lipinski definition) is 3. The number of methoxy groups -OCH3 is 3. The van der Waals surface area contributed by atoms with Crippen LogP contribution in [0.2, 0.25) is 0 Å². The lowest BCUT2D eigenvalue weighted by Crippen LogP contribution is -2.33. The first-order chi connectivity index (χ1) is 14.0. The van der Waals surface area contributed by atoms with Crippen molar-refractivity contribution in [3.8, 4) is 17.2 Å². The molecule has 0 saturated heterocycles. The molecule has 0 aliphatic rings. The van der Waals surface area contributed by atoms with Gasteiger partial charge in [-0.25, -0.2) is 0 Å². The normalized spacial score (nSPS) is 10.5. The smallest absolute Gasteiger partial charge is 0.268 e. The molecule has 0 saturated carbocycles. The van der Waals surface area contributed by atoms with E-state index in [1.165, 1.54) is 21.3 Å². The maximum Gasteiger partial charge on any atom is 0.268 e. The summed E-state index contributed by atoms with van der Waals surface area (Å²) in [4.78, 5) is 27.6. The lowest BCUT2D eigenvalue weighted by Gasteiger charge is -2.11. The molecule has 0 radical (unpaired) electrons. The van der Waals surface area contributed by atoms with Crippen molar-refractivity contribution in [2.45, 2.75) is 0 Å². The van der Waals surface area contributed by atoms with Gasteiger partial charge in [0.1, 0.15) is 11.4 Å². The third-order valence-corrected chi connectivity index (χ3v) is 4.75. The van der Waals surface area contributed by atoms with Gasteiger partial charge in [-0.2, -0.15) is 0 Å². The van der Waals surface area contributed by atoms with E-state index < -0.39 is 5.91 Å². The third kappa shape index (κ3) is 4.45. The van der Waals surface area contributed by atoms with Crippen LogP contribution >= 0.6 is 15.9 Å². The number of anilines is 1. The van der Waals surface area contributed by atoms with E-state index in [0.717, 1.165) is 4.47 Å². The molecule has 2 aromatic carbocycles. The number of rotatable bonds is 7. The van der Waals surface area contributed by atoms with Crippen molar-refractivity contribution in [3.63, 3.8) is 0 Å². The lowest BCUT2D eigenvalue weighted by atomic mass is 10.2. The molecule has 0 bridgehead atoms. The van der Waals surface area contributed by atoms with Gasteiger partial charge in [-0.3, -0.25) is 9.59 Å². The number of aromatic nitrogens is 1. The second kappa shape index (κ2) is 8.87. The Hall–Kier alpha value is -3.20. The number of benzene rings is 2. The Labute approximate surface area is 175 Å². The van der Waals surface area contributed by atoms with E-state index in [2.05, 4.69) is 31.5 Å². The maximum absolute atomic E-state index is 12.5. The first kappa shape index (κ1) is 20.5. The van der Waals surface area contributed by atoms with Crippen molar-refractivity contribution < 1.29 is 23.8 Å². The van der Waals surface area contributed by atoms with E-state index in [1.54, 1.807) is 24.3 Å². The van der Waals surface area contributed by atoms with Crippen LogP contribution in [0, 0.1) is 0 Å². The average Bonchev–Trinajstić information content (AvgIpc) is 3.17. The Balaban J connectivity index is 1.75. The van der Waals surface area contributed by atoms with Gasteiger partial charge in [-0.05, 0) is 30.3 Å². The van der Waals surface area contributed by atoms with Crippen LogP contribution in [0.3, 0.4) is 0 Å². The Kier molecular flexibility index (Phi) is 6.28. The Bertz CT molecular complexity index is 1050. The quantitative estimate of drug-likeness (QED) is 0.500. The highest BCUT2D eigenvalue weighted by Crippen LogP contribution is 2.41. The zero-order valence-electron chi connectivity index (χ0n) is 16.1. The fourth-order valence-corrected chi connectivity index (χ4v) is 3.12. The highest BCUT2D eigenvalue weighted by molar-refractivity contribution is 9.10. The van der Waals surface area contributed by atoms with Crippen LogP contribution in [-0.4, -0.2) is 44.7 Å². The molecule has 1 aromatic heterocycles. The van der Waals surface area contributed by atoms with Gasteiger partial charge in [-0.15, -0.1) is 0 Å². The summed E-state index contributed by atoms with van der Waals surface area (Å²) >= 11 is 3.33. The molecule has 0 unspecified atom stereocenters. The van der Waals surface area contributed by atoms with E-state index in [-0.39, 0.29) is 18.1 Å². The summed E-state index contributed by atoms with van der Waals surface area (Å²) in [6.07, 6.45) is 0. The SMILES string of the molecule is COc1cc(OC)c2cc(C(=O)NCC(=O)Nc3ccc(Br)cc3)[nH]c2c1OC. The summed E-state index contributed by atoms with van der Waals surface area (Å²) in [5.41, 5.74) is 1.47. The Morgan fingerprint density at radius 1 is 1.00 bits per heavy atom. The van der Waals surface area contributed by atoms with Gasteiger partial charge in [0, 0.05) is 21.6 Å². The predicted octanol–water partition coefficient (Wildman–Crippen LogP) is 3.32. The summed E-state index contributed by atoms with van der Waals surface area (Å²) in [5, 5.41) is 5.97. The van der Waals surface area contributed by atoms with Crippen LogP contribution in [0.25, 0.3) is 10.9 Å². The zero-order valence-corrected chi connectivity index (χ0v) is 17.7. The summed E-state index contributed by atoms with van der Waals surface area (Å²) in [5.74, 6) is 0.680. The number of H-pyrrole nitrogens is 1. The molecule has 8 nitrogen and oxygen atoms in total. The standard InChI is InChI=1S/C20H20BrN3O5/c1-27-15-9-16(28-2)19(29-3)18-13(15)8-14(24-18)20(26)22-10-17(25)23-12-6-4-11(21)5-7-12/h4-9,24H,10H2,1-3H3,(H,22,26)(H,23,25). The summed E-state index contributed by atoms with van der Waals surface area (Å²) in [6.45, 7) is -0.179. The topological polar surface area (TPSA) is 102 Å². The number of carbonyl (C=O) groups excluding carboxylic acids is 2. The predicted molar refractivity (Wildman–Crippen MR) is 113 cm³/mol. The largest absolute Gasteiger partial charge is 0.496 e. The van der Waals surface area contributed by atoms with Gasteiger partial charge in [0.2, 0.25) is 5.91 Å². The third-order valence-electron chi connectivity index (χ3n) is 4.22. The number of carbonyl (C=O) groups is 2. The van der Waals surface area contributed by atoms with Gasteiger partial charge >= 0.3 is 0 Å². The highest BCUT2D eigenvalue weighted by atomic mass is 79.9. The van der Waals surface area contributed by atoms with Crippen molar-refractivity contribution in [1.82, 2.24) is 10.3 Å². The second-order valence-electron chi connectivity index (χ2n) is 6.02. The van der Waals surface area contributed by atoms with Crippen molar-refractivity contribution in [3.05, 3.63) is 46.6 Å². The average molecular weight is 462 g/mol. The van der Waals surface area contributed by atoms with Crippen molar-refractivity contribution in [1.29, 1.82) is 0 Å². The highest BCUT2D eigenvalue weighted by Gasteiger charge is 2.19. The second-order valence-corrected chi connectivity index (χ2v) is 6.94. The number of amides is 2. The number of nitrogens with one attached hydrogen (secondary N) is 3.